The quantitative estimate of drug-likeness (QED) is 0.350. The molecule has 2 fully saturated rings. The van der Waals surface area contributed by atoms with Crippen LogP contribution in [0.25, 0.3) is 11.3 Å². The van der Waals surface area contributed by atoms with Crippen LogP contribution in [0.5, 0.6) is 0 Å². The van der Waals surface area contributed by atoms with Gasteiger partial charge in [0.15, 0.2) is 0 Å². The van der Waals surface area contributed by atoms with Gasteiger partial charge in [-0.25, -0.2) is 18.4 Å². The van der Waals surface area contributed by atoms with Crippen LogP contribution in [0.1, 0.15) is 45.1 Å². The number of nitrogens with one attached hydrogen (secondary N) is 2. The van der Waals surface area contributed by atoms with Crippen molar-refractivity contribution in [2.75, 3.05) is 31.5 Å². The van der Waals surface area contributed by atoms with Gasteiger partial charge in [0, 0.05) is 36.7 Å². The number of aromatic nitrogens is 4. The van der Waals surface area contributed by atoms with Crippen molar-refractivity contribution in [2.24, 2.45) is 5.41 Å². The van der Waals surface area contributed by atoms with Crippen molar-refractivity contribution in [3.63, 3.8) is 0 Å². The molecule has 42 heavy (non-hydrogen) atoms. The minimum absolute atomic E-state index is 0. The lowest BCUT2D eigenvalue weighted by Gasteiger charge is -2.43. The molecule has 0 unspecified atom stereocenters. The third kappa shape index (κ3) is 7.22. The Morgan fingerprint density at radius 3 is 2.29 bits per heavy atom. The molecule has 230 valence electrons. The Morgan fingerprint density at radius 2 is 1.69 bits per heavy atom. The number of hydrogen-bond donors (Lipinski definition) is 3. The van der Waals surface area contributed by atoms with Crippen LogP contribution < -0.4 is 10.6 Å². The van der Waals surface area contributed by atoms with Gasteiger partial charge in [-0.05, 0) is 82.3 Å². The molecule has 15 heteroatoms. The Balaban J connectivity index is 0.00000405. The average Bonchev–Trinajstić information content (AvgIpc) is 3.36. The fourth-order valence-electron chi connectivity index (χ4n) is 5.48. The molecule has 1 aromatic carbocycles. The lowest BCUT2D eigenvalue weighted by atomic mass is 9.72. The smallest absolute Gasteiger partial charge is 0.389 e. The molecule has 10 nitrogen and oxygen atoms in total. The third-order valence-electron chi connectivity index (χ3n) is 7.75. The third-order valence-corrected chi connectivity index (χ3v) is 9.66. The summed E-state index contributed by atoms with van der Waals surface area (Å²) >= 11 is 0. The highest BCUT2D eigenvalue weighted by atomic mass is 35.5. The van der Waals surface area contributed by atoms with Gasteiger partial charge in [-0.3, -0.25) is 4.68 Å². The lowest BCUT2D eigenvalue weighted by molar-refractivity contribution is -0.137. The van der Waals surface area contributed by atoms with Crippen molar-refractivity contribution in [1.82, 2.24) is 29.4 Å². The average molecular weight is 630 g/mol. The summed E-state index contributed by atoms with van der Waals surface area (Å²) in [4.78, 5) is 8.10. The number of benzene rings is 1. The summed E-state index contributed by atoms with van der Waals surface area (Å²) in [5.41, 5.74) is -1.76. The van der Waals surface area contributed by atoms with Gasteiger partial charge in [-0.2, -0.15) is 22.6 Å². The summed E-state index contributed by atoms with van der Waals surface area (Å²) in [5.74, 6) is -0.0952. The largest absolute Gasteiger partial charge is 0.419 e. The van der Waals surface area contributed by atoms with Gasteiger partial charge >= 0.3 is 6.18 Å². The van der Waals surface area contributed by atoms with Crippen LogP contribution in [-0.4, -0.2) is 69.4 Å². The highest BCUT2D eigenvalue weighted by Crippen LogP contribution is 2.41. The Bertz CT molecular complexity index is 1480. The normalized spacial score (nSPS) is 18.0. The molecule has 4 heterocycles. The first kappa shape index (κ1) is 32.1. The van der Waals surface area contributed by atoms with Crippen molar-refractivity contribution < 1.29 is 26.7 Å². The molecule has 0 amide bonds. The zero-order valence-corrected chi connectivity index (χ0v) is 25.0. The Morgan fingerprint density at radius 1 is 1.05 bits per heavy atom. The molecule has 1 spiro atoms. The van der Waals surface area contributed by atoms with Gasteiger partial charge in [-0.1, -0.05) is 0 Å². The second-order valence-electron chi connectivity index (χ2n) is 11.5. The Labute approximate surface area is 249 Å². The second kappa shape index (κ2) is 12.1. The van der Waals surface area contributed by atoms with E-state index in [1.807, 2.05) is 0 Å². The second-order valence-corrected chi connectivity index (χ2v) is 13.4. The van der Waals surface area contributed by atoms with Crippen molar-refractivity contribution in [2.45, 2.75) is 62.7 Å². The first-order valence-corrected chi connectivity index (χ1v) is 15.0. The fourth-order valence-corrected chi connectivity index (χ4v) is 6.93. The summed E-state index contributed by atoms with van der Waals surface area (Å²) in [6.45, 7) is 6.11. The van der Waals surface area contributed by atoms with Crippen LogP contribution >= 0.6 is 12.4 Å². The molecule has 0 aliphatic carbocycles. The molecule has 5 rings (SSSR count). The maximum absolute atomic E-state index is 13.8. The summed E-state index contributed by atoms with van der Waals surface area (Å²) in [5, 5.41) is 20.3. The summed E-state index contributed by atoms with van der Waals surface area (Å²) in [7, 11) is -3.68. The molecule has 0 radical (unpaired) electrons. The molecule has 0 bridgehead atoms. The maximum atomic E-state index is 13.8. The SMILES string of the molecule is CC(C)(O)Cn1cc(-c2nc(Nc3ccc(S(=O)(=O)N4CCC5(CCNCC5)CC4)cc3)ncc2C(F)(F)F)cn1.Cl. The van der Waals surface area contributed by atoms with Gasteiger partial charge in [0.2, 0.25) is 16.0 Å². The zero-order valence-electron chi connectivity index (χ0n) is 23.4. The molecule has 2 aromatic heterocycles. The predicted molar refractivity (Wildman–Crippen MR) is 154 cm³/mol. The highest BCUT2D eigenvalue weighted by Gasteiger charge is 2.39. The van der Waals surface area contributed by atoms with Crippen molar-refractivity contribution in [1.29, 1.82) is 0 Å². The van der Waals surface area contributed by atoms with Crippen LogP contribution in [0.3, 0.4) is 0 Å². The van der Waals surface area contributed by atoms with E-state index in [4.69, 9.17) is 0 Å². The molecule has 3 N–H and O–H groups in total. The number of halogens is 4. The minimum atomic E-state index is -4.70. The number of sulfonamides is 1. The summed E-state index contributed by atoms with van der Waals surface area (Å²) in [6.07, 6.45) is 2.45. The molecular weight excluding hydrogens is 595 g/mol. The molecule has 2 aliphatic rings. The molecular formula is C27H35ClF3N7O3S. The van der Waals surface area contributed by atoms with Gasteiger partial charge in [0.05, 0.1) is 28.9 Å². The number of alkyl halides is 3. The maximum Gasteiger partial charge on any atom is 0.419 e. The zero-order chi connectivity index (χ0) is 29.5. The summed E-state index contributed by atoms with van der Waals surface area (Å²) in [6, 6.07) is 6.01. The fraction of sp³-hybridized carbons (Fsp3) is 0.519. The number of rotatable bonds is 7. The van der Waals surface area contributed by atoms with Gasteiger partial charge in [-0.15, -0.1) is 12.4 Å². The topological polar surface area (TPSA) is 125 Å². The van der Waals surface area contributed by atoms with Crippen LogP contribution in [-0.2, 0) is 22.7 Å². The molecule has 3 aromatic rings. The molecule has 0 atom stereocenters. The predicted octanol–water partition coefficient (Wildman–Crippen LogP) is 4.45. The summed E-state index contributed by atoms with van der Waals surface area (Å²) < 4.78 is 70.7. The molecule has 0 saturated carbocycles. The van der Waals surface area contributed by atoms with E-state index in [1.165, 1.54) is 45.6 Å². The van der Waals surface area contributed by atoms with E-state index < -0.39 is 27.4 Å². The monoisotopic (exact) mass is 629 g/mol. The van der Waals surface area contributed by atoms with E-state index in [-0.39, 0.29) is 46.5 Å². The first-order valence-electron chi connectivity index (χ1n) is 13.5. The van der Waals surface area contributed by atoms with Crippen LogP contribution in [0.4, 0.5) is 24.8 Å². The van der Waals surface area contributed by atoms with Crippen molar-refractivity contribution in [3.05, 3.63) is 48.4 Å². The van der Waals surface area contributed by atoms with Crippen LogP contribution in [0.2, 0.25) is 0 Å². The standard InChI is InChI=1S/C27H34F3N7O3S.ClH/c1-25(2,38)18-36-17-19(15-33-36)23-22(27(28,29)30)16-32-24(35-23)34-20-3-5-21(6-4-20)41(39,40)37-13-9-26(10-14-37)7-11-31-12-8-26;/h3-6,15-17,31,38H,7-14,18H2,1-2H3,(H,32,34,35);1H. The minimum Gasteiger partial charge on any atom is -0.389 e. The van der Waals surface area contributed by atoms with Gasteiger partial charge < -0.3 is 15.7 Å². The first-order chi connectivity index (χ1) is 19.2. The van der Waals surface area contributed by atoms with Crippen LogP contribution in [0.15, 0.2) is 47.8 Å². The van der Waals surface area contributed by atoms with E-state index >= 15 is 0 Å². The van der Waals surface area contributed by atoms with Crippen LogP contribution in [0, 0.1) is 5.41 Å². The Hall–Kier alpha value is -2.78. The lowest BCUT2D eigenvalue weighted by Crippen LogP contribution is -2.47. The van der Waals surface area contributed by atoms with E-state index in [9.17, 15) is 26.7 Å². The molecule has 2 saturated heterocycles. The van der Waals surface area contributed by atoms with Crippen molar-refractivity contribution in [3.8, 4) is 11.3 Å². The van der Waals surface area contributed by atoms with E-state index in [0.717, 1.165) is 38.8 Å². The Kier molecular flexibility index (Phi) is 9.24. The van der Waals surface area contributed by atoms with E-state index in [1.54, 1.807) is 13.8 Å². The highest BCUT2D eigenvalue weighted by molar-refractivity contribution is 7.89. The van der Waals surface area contributed by atoms with E-state index in [0.29, 0.717) is 25.0 Å². The van der Waals surface area contributed by atoms with E-state index in [2.05, 4.69) is 25.7 Å². The van der Waals surface area contributed by atoms with Gasteiger partial charge in [0.1, 0.15) is 5.56 Å². The number of nitrogens with zero attached hydrogens (tertiary/aromatic N) is 5. The van der Waals surface area contributed by atoms with Crippen molar-refractivity contribution >= 4 is 34.1 Å². The number of anilines is 2. The molecule has 2 aliphatic heterocycles. The number of aliphatic hydroxyl groups is 1. The van der Waals surface area contributed by atoms with Gasteiger partial charge in [0.25, 0.3) is 0 Å². The number of piperidine rings is 2. The number of hydrogen-bond acceptors (Lipinski definition) is 8.